The minimum absolute atomic E-state index is 0.522. The zero-order valence-electron chi connectivity index (χ0n) is 16.3. The van der Waals surface area contributed by atoms with Crippen molar-refractivity contribution in [1.29, 1.82) is 0 Å². The summed E-state index contributed by atoms with van der Waals surface area (Å²) in [5.41, 5.74) is 6.64. The molecule has 0 amide bonds. The van der Waals surface area contributed by atoms with Crippen molar-refractivity contribution in [3.05, 3.63) is 77.1 Å². The Morgan fingerprint density at radius 1 is 1.00 bits per heavy atom. The standard InChI is InChI=1S/C22H26N4S/c1-15(2)19-8-10-20(11-9-19)23-22(27)24-21-7-5-6-18(13-21)14-26-17(4)12-16(3)25-26/h5-13,15H,14H2,1-4H3,(H2,23,24,27). The molecule has 0 aliphatic rings. The van der Waals surface area contributed by atoms with Crippen LogP contribution in [-0.4, -0.2) is 14.9 Å². The minimum Gasteiger partial charge on any atom is -0.332 e. The molecule has 0 saturated carbocycles. The number of hydrogen-bond acceptors (Lipinski definition) is 2. The van der Waals surface area contributed by atoms with Crippen LogP contribution in [0.25, 0.3) is 0 Å². The highest BCUT2D eigenvalue weighted by molar-refractivity contribution is 7.80. The molecule has 3 aromatic rings. The molecule has 5 heteroatoms. The number of nitrogens with zero attached hydrogens (tertiary/aromatic N) is 2. The van der Waals surface area contributed by atoms with Gasteiger partial charge in [0.05, 0.1) is 12.2 Å². The van der Waals surface area contributed by atoms with E-state index in [1.807, 2.05) is 23.7 Å². The first-order valence-electron chi connectivity index (χ1n) is 9.18. The third-order valence-electron chi connectivity index (χ3n) is 4.46. The number of aryl methyl sites for hydroxylation is 2. The summed E-state index contributed by atoms with van der Waals surface area (Å²) >= 11 is 5.46. The summed E-state index contributed by atoms with van der Waals surface area (Å²) in [6.45, 7) is 9.21. The zero-order chi connectivity index (χ0) is 19.4. The number of anilines is 2. The van der Waals surface area contributed by atoms with Crippen LogP contribution in [0.4, 0.5) is 11.4 Å². The molecule has 0 fully saturated rings. The summed E-state index contributed by atoms with van der Waals surface area (Å²) in [6.07, 6.45) is 0. The molecule has 0 radical (unpaired) electrons. The number of aromatic nitrogens is 2. The average Bonchev–Trinajstić information content (AvgIpc) is 2.92. The van der Waals surface area contributed by atoms with Crippen LogP contribution in [0.15, 0.2) is 54.6 Å². The fourth-order valence-corrected chi connectivity index (χ4v) is 3.24. The second-order valence-corrected chi connectivity index (χ2v) is 7.55. The topological polar surface area (TPSA) is 41.9 Å². The molecule has 0 unspecified atom stereocenters. The van der Waals surface area contributed by atoms with E-state index in [9.17, 15) is 0 Å². The Morgan fingerprint density at radius 3 is 2.33 bits per heavy atom. The van der Waals surface area contributed by atoms with Gasteiger partial charge in [0.25, 0.3) is 0 Å². The average molecular weight is 379 g/mol. The predicted octanol–water partition coefficient (Wildman–Crippen LogP) is 5.48. The molecule has 27 heavy (non-hydrogen) atoms. The van der Waals surface area contributed by atoms with Crippen LogP contribution in [0, 0.1) is 13.8 Å². The van der Waals surface area contributed by atoms with Crippen molar-refractivity contribution in [2.75, 3.05) is 10.6 Å². The van der Waals surface area contributed by atoms with Gasteiger partial charge in [-0.2, -0.15) is 5.10 Å². The van der Waals surface area contributed by atoms with Crippen LogP contribution < -0.4 is 10.6 Å². The number of nitrogens with one attached hydrogen (secondary N) is 2. The quantitative estimate of drug-likeness (QED) is 0.577. The number of thiocarbonyl (C=S) groups is 1. The van der Waals surface area contributed by atoms with Crippen LogP contribution in [0.3, 0.4) is 0 Å². The highest BCUT2D eigenvalue weighted by Gasteiger charge is 2.05. The Labute approximate surface area is 166 Å². The molecule has 2 N–H and O–H groups in total. The van der Waals surface area contributed by atoms with E-state index in [0.717, 1.165) is 29.3 Å². The Bertz CT molecular complexity index is 926. The van der Waals surface area contributed by atoms with E-state index in [1.165, 1.54) is 11.1 Å². The molecule has 0 aliphatic carbocycles. The summed E-state index contributed by atoms with van der Waals surface area (Å²) in [5, 5.41) is 11.6. The molecule has 0 saturated heterocycles. The lowest BCUT2D eigenvalue weighted by atomic mass is 10.0. The smallest absolute Gasteiger partial charge is 0.175 e. The van der Waals surface area contributed by atoms with Crippen molar-refractivity contribution in [2.24, 2.45) is 0 Å². The second kappa shape index (κ2) is 8.35. The Morgan fingerprint density at radius 2 is 1.70 bits per heavy atom. The SMILES string of the molecule is Cc1cc(C)n(Cc2cccc(NC(=S)Nc3ccc(C(C)C)cc3)c2)n1. The van der Waals surface area contributed by atoms with Gasteiger partial charge < -0.3 is 10.6 Å². The summed E-state index contributed by atoms with van der Waals surface area (Å²) in [7, 11) is 0. The molecule has 3 rings (SSSR count). The van der Waals surface area contributed by atoms with Gasteiger partial charge in [-0.25, -0.2) is 0 Å². The molecule has 140 valence electrons. The molecule has 1 aromatic heterocycles. The van der Waals surface area contributed by atoms with E-state index in [-0.39, 0.29) is 0 Å². The first-order chi connectivity index (χ1) is 12.9. The highest BCUT2D eigenvalue weighted by atomic mass is 32.1. The third kappa shape index (κ3) is 5.17. The van der Waals surface area contributed by atoms with Gasteiger partial charge in [-0.1, -0.05) is 38.1 Å². The van der Waals surface area contributed by atoms with E-state index >= 15 is 0 Å². The van der Waals surface area contributed by atoms with Crippen molar-refractivity contribution in [2.45, 2.75) is 40.2 Å². The number of rotatable bonds is 5. The number of hydrogen-bond donors (Lipinski definition) is 2. The maximum Gasteiger partial charge on any atom is 0.175 e. The fourth-order valence-electron chi connectivity index (χ4n) is 3.00. The summed E-state index contributed by atoms with van der Waals surface area (Å²) in [6, 6.07) is 18.7. The van der Waals surface area contributed by atoms with Gasteiger partial charge in [-0.3, -0.25) is 4.68 Å². The summed E-state index contributed by atoms with van der Waals surface area (Å²) < 4.78 is 2.02. The van der Waals surface area contributed by atoms with Gasteiger partial charge in [-0.05, 0) is 73.4 Å². The zero-order valence-corrected chi connectivity index (χ0v) is 17.1. The normalized spacial score (nSPS) is 10.9. The maximum atomic E-state index is 5.46. The largest absolute Gasteiger partial charge is 0.332 e. The molecular weight excluding hydrogens is 352 g/mol. The molecule has 0 bridgehead atoms. The van der Waals surface area contributed by atoms with Crippen LogP contribution in [-0.2, 0) is 6.54 Å². The van der Waals surface area contributed by atoms with Crippen molar-refractivity contribution in [3.63, 3.8) is 0 Å². The Hall–Kier alpha value is -2.66. The van der Waals surface area contributed by atoms with Crippen LogP contribution in [0.1, 0.15) is 42.3 Å². The third-order valence-corrected chi connectivity index (χ3v) is 4.66. The van der Waals surface area contributed by atoms with Gasteiger partial charge in [0.2, 0.25) is 0 Å². The summed E-state index contributed by atoms with van der Waals surface area (Å²) in [5.74, 6) is 0.522. The lowest BCUT2D eigenvalue weighted by molar-refractivity contribution is 0.659. The van der Waals surface area contributed by atoms with Crippen LogP contribution in [0.2, 0.25) is 0 Å². The summed E-state index contributed by atoms with van der Waals surface area (Å²) in [4.78, 5) is 0. The Balaban J connectivity index is 1.63. The van der Waals surface area contributed by atoms with E-state index in [2.05, 4.69) is 79.0 Å². The van der Waals surface area contributed by atoms with Crippen LogP contribution >= 0.6 is 12.2 Å². The van der Waals surface area contributed by atoms with Gasteiger partial charge in [0, 0.05) is 17.1 Å². The molecule has 0 aliphatic heterocycles. The van der Waals surface area contributed by atoms with Gasteiger partial charge in [0.15, 0.2) is 5.11 Å². The lowest BCUT2D eigenvalue weighted by Crippen LogP contribution is -2.19. The van der Waals surface area contributed by atoms with E-state index in [4.69, 9.17) is 12.2 Å². The van der Waals surface area contributed by atoms with E-state index in [0.29, 0.717) is 11.0 Å². The molecule has 4 nitrogen and oxygen atoms in total. The monoisotopic (exact) mass is 378 g/mol. The van der Waals surface area contributed by atoms with Gasteiger partial charge in [0.1, 0.15) is 0 Å². The van der Waals surface area contributed by atoms with Crippen molar-refractivity contribution >= 4 is 28.7 Å². The molecule has 2 aromatic carbocycles. The first-order valence-corrected chi connectivity index (χ1v) is 9.59. The van der Waals surface area contributed by atoms with E-state index < -0.39 is 0 Å². The Kier molecular flexibility index (Phi) is 5.91. The molecule has 0 spiro atoms. The predicted molar refractivity (Wildman–Crippen MR) is 118 cm³/mol. The van der Waals surface area contributed by atoms with Gasteiger partial charge in [-0.15, -0.1) is 0 Å². The van der Waals surface area contributed by atoms with Gasteiger partial charge >= 0.3 is 0 Å². The van der Waals surface area contributed by atoms with Crippen molar-refractivity contribution in [1.82, 2.24) is 9.78 Å². The van der Waals surface area contributed by atoms with Crippen molar-refractivity contribution < 1.29 is 0 Å². The molecule has 0 atom stereocenters. The lowest BCUT2D eigenvalue weighted by Gasteiger charge is -2.13. The molecular formula is C22H26N4S. The minimum atomic E-state index is 0.522. The fraction of sp³-hybridized carbons (Fsp3) is 0.273. The van der Waals surface area contributed by atoms with Crippen molar-refractivity contribution in [3.8, 4) is 0 Å². The highest BCUT2D eigenvalue weighted by Crippen LogP contribution is 2.18. The maximum absolute atomic E-state index is 5.46. The molecule has 1 heterocycles. The number of benzene rings is 2. The first kappa shape index (κ1) is 19.1. The second-order valence-electron chi connectivity index (χ2n) is 7.14. The van der Waals surface area contributed by atoms with E-state index in [1.54, 1.807) is 0 Å². The van der Waals surface area contributed by atoms with Crippen LogP contribution in [0.5, 0.6) is 0 Å².